The Kier molecular flexibility index (Phi) is 5.65. The molecule has 1 aliphatic rings. The van der Waals surface area contributed by atoms with Crippen LogP contribution in [0.4, 0.5) is 5.82 Å². The average molecular weight is 503 g/mol. The molecule has 5 aromatic heterocycles. The number of H-pyrrole nitrogens is 2. The van der Waals surface area contributed by atoms with E-state index in [-0.39, 0.29) is 0 Å². The van der Waals surface area contributed by atoms with Crippen LogP contribution in [0.25, 0.3) is 44.7 Å². The Morgan fingerprint density at radius 1 is 0.895 bits per heavy atom. The van der Waals surface area contributed by atoms with Crippen molar-refractivity contribution in [3.63, 3.8) is 0 Å². The predicted molar refractivity (Wildman–Crippen MR) is 147 cm³/mol. The lowest BCUT2D eigenvalue weighted by Gasteiger charge is -2.27. The van der Waals surface area contributed by atoms with E-state index in [4.69, 9.17) is 9.72 Å². The molecule has 0 unspecified atom stereocenters. The van der Waals surface area contributed by atoms with Crippen LogP contribution in [0.5, 0.6) is 5.75 Å². The molecule has 0 amide bonds. The average Bonchev–Trinajstić information content (AvgIpc) is 3.61. The zero-order valence-electron chi connectivity index (χ0n) is 20.8. The summed E-state index contributed by atoms with van der Waals surface area (Å²) in [5.41, 5.74) is 6.16. The van der Waals surface area contributed by atoms with Crippen molar-refractivity contribution in [2.45, 2.75) is 25.9 Å². The van der Waals surface area contributed by atoms with Crippen molar-refractivity contribution in [1.29, 1.82) is 0 Å². The zero-order chi connectivity index (χ0) is 25.3. The van der Waals surface area contributed by atoms with Gasteiger partial charge in [0.05, 0.1) is 29.1 Å². The number of aromatic nitrogens is 7. The van der Waals surface area contributed by atoms with Crippen LogP contribution < -0.4 is 9.64 Å². The van der Waals surface area contributed by atoms with Crippen molar-refractivity contribution in [1.82, 2.24) is 35.1 Å². The molecule has 6 aromatic rings. The van der Waals surface area contributed by atoms with Crippen molar-refractivity contribution in [2.24, 2.45) is 0 Å². The molecule has 9 nitrogen and oxygen atoms in total. The molecule has 0 radical (unpaired) electrons. The minimum atomic E-state index is 0.477. The van der Waals surface area contributed by atoms with Gasteiger partial charge in [-0.05, 0) is 43.0 Å². The summed E-state index contributed by atoms with van der Waals surface area (Å²) in [5, 5.41) is 8.61. The summed E-state index contributed by atoms with van der Waals surface area (Å²) in [6.07, 6.45) is 10.8. The third-order valence-corrected chi connectivity index (χ3v) is 6.97. The van der Waals surface area contributed by atoms with Gasteiger partial charge >= 0.3 is 0 Å². The highest BCUT2D eigenvalue weighted by Crippen LogP contribution is 2.32. The van der Waals surface area contributed by atoms with Crippen LogP contribution in [0.1, 0.15) is 24.8 Å². The second kappa shape index (κ2) is 9.59. The normalized spacial score (nSPS) is 13.8. The molecule has 0 aliphatic carbocycles. The topological polar surface area (TPSA) is 109 Å². The lowest BCUT2D eigenvalue weighted by Crippen LogP contribution is -2.30. The van der Waals surface area contributed by atoms with Gasteiger partial charge in [0.1, 0.15) is 23.6 Å². The van der Waals surface area contributed by atoms with Gasteiger partial charge in [0, 0.05) is 36.4 Å². The maximum Gasteiger partial charge on any atom is 0.159 e. The molecular formula is C29H26N8O. The second-order valence-electron chi connectivity index (χ2n) is 9.53. The maximum atomic E-state index is 5.98. The van der Waals surface area contributed by atoms with E-state index in [2.05, 4.69) is 35.0 Å². The predicted octanol–water partition coefficient (Wildman–Crippen LogP) is 5.53. The number of hydrogen-bond acceptors (Lipinski definition) is 7. The summed E-state index contributed by atoms with van der Waals surface area (Å²) >= 11 is 0. The molecule has 1 saturated heterocycles. The molecule has 1 fully saturated rings. The van der Waals surface area contributed by atoms with Crippen LogP contribution in [0.15, 0.2) is 73.3 Å². The number of nitrogens with zero attached hydrogens (tertiary/aromatic N) is 6. The highest BCUT2D eigenvalue weighted by molar-refractivity contribution is 5.96. The monoisotopic (exact) mass is 502 g/mol. The number of ether oxygens (including phenoxy) is 1. The molecule has 1 aromatic carbocycles. The Balaban J connectivity index is 1.22. The maximum absolute atomic E-state index is 5.98. The Morgan fingerprint density at radius 2 is 1.79 bits per heavy atom. The van der Waals surface area contributed by atoms with Crippen LogP contribution in [-0.2, 0) is 6.61 Å². The molecule has 9 heteroatoms. The first-order valence-electron chi connectivity index (χ1n) is 12.9. The van der Waals surface area contributed by atoms with Gasteiger partial charge in [-0.1, -0.05) is 30.3 Å². The van der Waals surface area contributed by atoms with Gasteiger partial charge in [0.15, 0.2) is 11.6 Å². The number of pyridine rings is 3. The van der Waals surface area contributed by atoms with Gasteiger partial charge in [0.25, 0.3) is 0 Å². The van der Waals surface area contributed by atoms with Gasteiger partial charge in [-0.15, -0.1) is 0 Å². The number of imidazole rings is 1. The minimum Gasteiger partial charge on any atom is -0.487 e. The van der Waals surface area contributed by atoms with E-state index in [0.717, 1.165) is 63.4 Å². The van der Waals surface area contributed by atoms with Crippen LogP contribution in [0, 0.1) is 0 Å². The smallest absolute Gasteiger partial charge is 0.159 e. The molecular weight excluding hydrogens is 476 g/mol. The highest BCUT2D eigenvalue weighted by atomic mass is 16.5. The Bertz CT molecular complexity index is 1720. The first kappa shape index (κ1) is 22.4. The van der Waals surface area contributed by atoms with Crippen LogP contribution in [-0.4, -0.2) is 48.2 Å². The summed E-state index contributed by atoms with van der Waals surface area (Å²) in [6, 6.07) is 16.0. The number of fused-ring (bicyclic) bond motifs is 2. The van der Waals surface area contributed by atoms with E-state index >= 15 is 0 Å². The van der Waals surface area contributed by atoms with Crippen molar-refractivity contribution < 1.29 is 4.74 Å². The Morgan fingerprint density at radius 3 is 2.68 bits per heavy atom. The fraction of sp³-hybridized carbons (Fsp3) is 0.207. The standard InChI is InChI=1S/C29H26N8O/c1-3-7-19(8-4-1)18-38-21-13-20(15-30-16-21)24-14-22-25(17-32-24)35-36-26(22)28-33-23-9-10-31-29(27(23)34-28)37-11-5-2-6-12-37/h1,3-4,7-10,13-17H,2,5-6,11-12,18H2,(H,33,34)(H,35,36). The van der Waals surface area contributed by atoms with E-state index in [9.17, 15) is 0 Å². The van der Waals surface area contributed by atoms with Crippen LogP contribution >= 0.6 is 0 Å². The first-order chi connectivity index (χ1) is 18.8. The number of benzene rings is 1. The highest BCUT2D eigenvalue weighted by Gasteiger charge is 2.20. The Hall–Kier alpha value is -4.79. The molecule has 0 atom stereocenters. The number of anilines is 1. The molecule has 38 heavy (non-hydrogen) atoms. The fourth-order valence-corrected chi connectivity index (χ4v) is 5.00. The summed E-state index contributed by atoms with van der Waals surface area (Å²) in [7, 11) is 0. The Labute approximate surface area is 219 Å². The lowest BCUT2D eigenvalue weighted by atomic mass is 10.1. The van der Waals surface area contributed by atoms with E-state index in [1.165, 1.54) is 19.3 Å². The largest absolute Gasteiger partial charge is 0.487 e. The van der Waals surface area contributed by atoms with Gasteiger partial charge in [-0.25, -0.2) is 9.97 Å². The number of hydrogen-bond donors (Lipinski definition) is 2. The van der Waals surface area contributed by atoms with Gasteiger partial charge in [-0.2, -0.15) is 5.10 Å². The molecule has 1 aliphatic heterocycles. The molecule has 2 N–H and O–H groups in total. The number of piperidine rings is 1. The van der Waals surface area contributed by atoms with E-state index in [1.54, 1.807) is 18.6 Å². The first-order valence-corrected chi connectivity index (χ1v) is 12.9. The van der Waals surface area contributed by atoms with Gasteiger partial charge in [0.2, 0.25) is 0 Å². The molecule has 0 saturated carbocycles. The number of nitrogens with one attached hydrogen (secondary N) is 2. The van der Waals surface area contributed by atoms with Crippen molar-refractivity contribution >= 4 is 27.8 Å². The zero-order valence-corrected chi connectivity index (χ0v) is 20.8. The van der Waals surface area contributed by atoms with E-state index in [1.807, 2.05) is 54.7 Å². The quantitative estimate of drug-likeness (QED) is 0.308. The third-order valence-electron chi connectivity index (χ3n) is 6.97. The minimum absolute atomic E-state index is 0.477. The summed E-state index contributed by atoms with van der Waals surface area (Å²) in [4.78, 5) is 24.5. The number of aromatic amines is 2. The molecule has 0 spiro atoms. The van der Waals surface area contributed by atoms with E-state index < -0.39 is 0 Å². The molecule has 188 valence electrons. The molecule has 0 bridgehead atoms. The molecule has 6 heterocycles. The van der Waals surface area contributed by atoms with Gasteiger partial charge < -0.3 is 14.6 Å². The third kappa shape index (κ3) is 4.21. The second-order valence-corrected chi connectivity index (χ2v) is 9.53. The van der Waals surface area contributed by atoms with Gasteiger partial charge in [-0.3, -0.25) is 15.1 Å². The number of rotatable bonds is 6. The van der Waals surface area contributed by atoms with Crippen molar-refractivity contribution in [3.8, 4) is 28.5 Å². The van der Waals surface area contributed by atoms with E-state index in [0.29, 0.717) is 18.2 Å². The molecule has 7 rings (SSSR count). The van der Waals surface area contributed by atoms with Crippen molar-refractivity contribution in [3.05, 3.63) is 78.9 Å². The SMILES string of the molecule is c1ccc(COc2cncc(-c3cc4c(-c5nc6c(N7CCCCC7)nccc6[nH]5)n[nH]c4cn3)c2)cc1. The summed E-state index contributed by atoms with van der Waals surface area (Å²) in [5.74, 6) is 2.33. The van der Waals surface area contributed by atoms with Crippen LogP contribution in [0.3, 0.4) is 0 Å². The lowest BCUT2D eigenvalue weighted by molar-refractivity contribution is 0.305. The van der Waals surface area contributed by atoms with Crippen LogP contribution in [0.2, 0.25) is 0 Å². The van der Waals surface area contributed by atoms with Crippen molar-refractivity contribution in [2.75, 3.05) is 18.0 Å². The summed E-state index contributed by atoms with van der Waals surface area (Å²) < 4.78 is 5.98. The fourth-order valence-electron chi connectivity index (χ4n) is 5.00. The summed E-state index contributed by atoms with van der Waals surface area (Å²) in [6.45, 7) is 2.50.